The quantitative estimate of drug-likeness (QED) is 0.872. The van der Waals surface area contributed by atoms with Gasteiger partial charge in [-0.2, -0.15) is 0 Å². The highest BCUT2D eigenvalue weighted by atomic mass is 32.1. The summed E-state index contributed by atoms with van der Waals surface area (Å²) in [7, 11) is 1.70. The number of nitrogens with one attached hydrogen (secondary N) is 1. The lowest BCUT2D eigenvalue weighted by molar-refractivity contribution is -0.140. The van der Waals surface area contributed by atoms with Gasteiger partial charge in [0, 0.05) is 31.4 Å². The molecule has 26 heavy (non-hydrogen) atoms. The van der Waals surface area contributed by atoms with E-state index in [1.165, 1.54) is 16.0 Å². The summed E-state index contributed by atoms with van der Waals surface area (Å²) in [6, 6.07) is 12.7. The number of likely N-dealkylation sites (tertiary alicyclic amines) is 1. The molecule has 2 amide bonds. The van der Waals surface area contributed by atoms with Gasteiger partial charge in [0.25, 0.3) is 0 Å². The maximum absolute atomic E-state index is 12.7. The lowest BCUT2D eigenvalue weighted by atomic mass is 9.72. The van der Waals surface area contributed by atoms with E-state index in [9.17, 15) is 9.59 Å². The van der Waals surface area contributed by atoms with Crippen LogP contribution in [-0.4, -0.2) is 36.9 Å². The van der Waals surface area contributed by atoms with E-state index < -0.39 is 5.41 Å². The van der Waals surface area contributed by atoms with Crippen molar-refractivity contribution in [3.63, 3.8) is 0 Å². The first-order valence-electron chi connectivity index (χ1n) is 9.21. The molecule has 0 aliphatic carbocycles. The van der Waals surface area contributed by atoms with Crippen LogP contribution in [0.25, 0.3) is 10.4 Å². The molecular weight excluding hydrogens is 344 g/mol. The number of rotatable bonds is 5. The Morgan fingerprint density at radius 3 is 2.58 bits per heavy atom. The maximum atomic E-state index is 12.7. The minimum absolute atomic E-state index is 0.0858. The van der Waals surface area contributed by atoms with Crippen LogP contribution < -0.4 is 5.32 Å². The molecule has 0 radical (unpaired) electrons. The van der Waals surface area contributed by atoms with Crippen LogP contribution in [0.3, 0.4) is 0 Å². The van der Waals surface area contributed by atoms with Crippen molar-refractivity contribution in [1.82, 2.24) is 10.2 Å². The summed E-state index contributed by atoms with van der Waals surface area (Å²) in [4.78, 5) is 27.9. The number of benzene rings is 1. The van der Waals surface area contributed by atoms with Gasteiger partial charge in [-0.15, -0.1) is 11.3 Å². The Morgan fingerprint density at radius 2 is 1.96 bits per heavy atom. The summed E-state index contributed by atoms with van der Waals surface area (Å²) in [5, 5.41) is 4.93. The number of nitrogens with zero attached hydrogens (tertiary/aromatic N) is 1. The van der Waals surface area contributed by atoms with Crippen LogP contribution in [0, 0.1) is 5.41 Å². The van der Waals surface area contributed by atoms with Crippen molar-refractivity contribution in [1.29, 1.82) is 0 Å². The van der Waals surface area contributed by atoms with E-state index >= 15 is 0 Å². The summed E-state index contributed by atoms with van der Waals surface area (Å²) in [5.74, 6) is 0.262. The Balaban J connectivity index is 1.81. The molecule has 2 heterocycles. The summed E-state index contributed by atoms with van der Waals surface area (Å²) >= 11 is 1.72. The number of carbonyl (C=O) groups excluding carboxylic acids is 2. The van der Waals surface area contributed by atoms with Crippen molar-refractivity contribution < 1.29 is 9.59 Å². The number of carbonyl (C=O) groups is 2. The van der Waals surface area contributed by atoms with Crippen LogP contribution in [0.5, 0.6) is 0 Å². The number of hydrogen-bond donors (Lipinski definition) is 1. The molecule has 1 aliphatic heterocycles. The fraction of sp³-hybridized carbons (Fsp3) is 0.429. The largest absolute Gasteiger partial charge is 0.359 e. The van der Waals surface area contributed by atoms with Gasteiger partial charge in [0.2, 0.25) is 11.8 Å². The van der Waals surface area contributed by atoms with Gasteiger partial charge in [-0.3, -0.25) is 9.59 Å². The summed E-state index contributed by atoms with van der Waals surface area (Å²) in [5.41, 5.74) is 1.94. The standard InChI is InChI=1S/C21H26N2O2S/c1-3-19(24)23-11-9-21(10-12-23,20(25)22-2)15-16-6-4-7-17(14-16)18-8-5-13-26-18/h4-8,13-14H,3,9-12,15H2,1-2H3,(H,22,25). The normalized spacial score (nSPS) is 16.3. The Kier molecular flexibility index (Phi) is 5.77. The molecule has 0 atom stereocenters. The molecule has 4 nitrogen and oxygen atoms in total. The monoisotopic (exact) mass is 370 g/mol. The second-order valence-electron chi connectivity index (χ2n) is 6.95. The first-order valence-corrected chi connectivity index (χ1v) is 10.1. The zero-order valence-corrected chi connectivity index (χ0v) is 16.3. The molecule has 5 heteroatoms. The van der Waals surface area contributed by atoms with Gasteiger partial charge in [0.1, 0.15) is 0 Å². The zero-order chi connectivity index (χ0) is 18.6. The summed E-state index contributed by atoms with van der Waals surface area (Å²) in [6.07, 6.45) is 2.65. The summed E-state index contributed by atoms with van der Waals surface area (Å²) < 4.78 is 0. The summed E-state index contributed by atoms with van der Waals surface area (Å²) in [6.45, 7) is 3.20. The van der Waals surface area contributed by atoms with Crippen molar-refractivity contribution >= 4 is 23.2 Å². The number of amides is 2. The van der Waals surface area contributed by atoms with E-state index in [1.807, 2.05) is 11.8 Å². The van der Waals surface area contributed by atoms with E-state index in [1.54, 1.807) is 18.4 Å². The second kappa shape index (κ2) is 8.04. The van der Waals surface area contributed by atoms with Crippen molar-refractivity contribution in [2.24, 2.45) is 5.41 Å². The average Bonchev–Trinajstić information content (AvgIpc) is 3.22. The van der Waals surface area contributed by atoms with Gasteiger partial charge < -0.3 is 10.2 Å². The third-order valence-electron chi connectivity index (χ3n) is 5.36. The molecule has 1 fully saturated rings. The smallest absolute Gasteiger partial charge is 0.226 e. The van der Waals surface area contributed by atoms with Gasteiger partial charge in [-0.1, -0.05) is 37.3 Å². The molecule has 0 spiro atoms. The Bertz CT molecular complexity index is 762. The van der Waals surface area contributed by atoms with E-state index in [-0.39, 0.29) is 11.8 Å². The molecule has 3 rings (SSSR count). The van der Waals surface area contributed by atoms with E-state index in [0.29, 0.717) is 38.8 Å². The molecule has 1 aliphatic rings. The molecule has 0 saturated carbocycles. The number of thiophene rings is 1. The Hall–Kier alpha value is -2.14. The Labute approximate surface area is 159 Å². The third-order valence-corrected chi connectivity index (χ3v) is 6.28. The van der Waals surface area contributed by atoms with Crippen molar-refractivity contribution in [2.45, 2.75) is 32.6 Å². The lowest BCUT2D eigenvalue weighted by Gasteiger charge is -2.40. The van der Waals surface area contributed by atoms with E-state index in [0.717, 1.165) is 0 Å². The minimum atomic E-state index is -0.437. The predicted molar refractivity (Wildman–Crippen MR) is 106 cm³/mol. The first-order chi connectivity index (χ1) is 12.6. The predicted octanol–water partition coefficient (Wildman–Crippen LogP) is 3.72. The van der Waals surface area contributed by atoms with Crippen molar-refractivity contribution in [3.8, 4) is 10.4 Å². The van der Waals surface area contributed by atoms with E-state index in [2.05, 4.69) is 47.1 Å². The van der Waals surface area contributed by atoms with Gasteiger partial charge in [-0.05, 0) is 41.8 Å². The highest BCUT2D eigenvalue weighted by Crippen LogP contribution is 2.37. The first kappa shape index (κ1) is 18.6. The van der Waals surface area contributed by atoms with E-state index in [4.69, 9.17) is 0 Å². The van der Waals surface area contributed by atoms with Gasteiger partial charge >= 0.3 is 0 Å². The lowest BCUT2D eigenvalue weighted by Crippen LogP contribution is -2.50. The fourth-order valence-corrected chi connectivity index (χ4v) is 4.55. The average molecular weight is 371 g/mol. The van der Waals surface area contributed by atoms with Gasteiger partial charge in [0.15, 0.2) is 0 Å². The molecule has 138 valence electrons. The molecule has 1 aromatic heterocycles. The zero-order valence-electron chi connectivity index (χ0n) is 15.5. The van der Waals surface area contributed by atoms with Crippen LogP contribution in [0.4, 0.5) is 0 Å². The van der Waals surface area contributed by atoms with Crippen LogP contribution >= 0.6 is 11.3 Å². The maximum Gasteiger partial charge on any atom is 0.226 e. The van der Waals surface area contributed by atoms with Crippen molar-refractivity contribution in [2.75, 3.05) is 20.1 Å². The molecule has 1 aromatic carbocycles. The van der Waals surface area contributed by atoms with Gasteiger partial charge in [0.05, 0.1) is 5.41 Å². The molecule has 1 saturated heterocycles. The molecular formula is C21H26N2O2S. The highest BCUT2D eigenvalue weighted by Gasteiger charge is 2.41. The SMILES string of the molecule is CCC(=O)N1CCC(Cc2cccc(-c3cccs3)c2)(C(=O)NC)CC1. The Morgan fingerprint density at radius 1 is 1.19 bits per heavy atom. The molecule has 0 unspecified atom stereocenters. The highest BCUT2D eigenvalue weighted by molar-refractivity contribution is 7.13. The van der Waals surface area contributed by atoms with Crippen LogP contribution in [0.2, 0.25) is 0 Å². The fourth-order valence-electron chi connectivity index (χ4n) is 3.83. The third kappa shape index (κ3) is 3.83. The minimum Gasteiger partial charge on any atom is -0.359 e. The van der Waals surface area contributed by atoms with Crippen LogP contribution in [-0.2, 0) is 16.0 Å². The van der Waals surface area contributed by atoms with Crippen LogP contribution in [0.15, 0.2) is 41.8 Å². The molecule has 0 bridgehead atoms. The van der Waals surface area contributed by atoms with Gasteiger partial charge in [-0.25, -0.2) is 0 Å². The topological polar surface area (TPSA) is 49.4 Å². The number of piperidine rings is 1. The molecule has 1 N–H and O–H groups in total. The van der Waals surface area contributed by atoms with Crippen LogP contribution in [0.1, 0.15) is 31.7 Å². The molecule has 2 aromatic rings. The number of hydrogen-bond acceptors (Lipinski definition) is 3. The van der Waals surface area contributed by atoms with Crippen molar-refractivity contribution in [3.05, 3.63) is 47.3 Å². The second-order valence-corrected chi connectivity index (χ2v) is 7.90.